The first-order valence-corrected chi connectivity index (χ1v) is 6.52. The van der Waals surface area contributed by atoms with Gasteiger partial charge in [0.1, 0.15) is 5.75 Å². The molecule has 0 spiro atoms. The van der Waals surface area contributed by atoms with Crippen molar-refractivity contribution >= 4 is 17.2 Å². The molecule has 0 bridgehead atoms. The van der Waals surface area contributed by atoms with Crippen molar-refractivity contribution < 1.29 is 4.74 Å². The van der Waals surface area contributed by atoms with Crippen molar-refractivity contribution in [1.82, 2.24) is 19.8 Å². The zero-order valence-electron chi connectivity index (χ0n) is 11.4. The molecule has 0 saturated heterocycles. The van der Waals surface area contributed by atoms with Crippen LogP contribution in [0.15, 0.2) is 24.3 Å². The molecule has 102 valence electrons. The number of hydrogen-bond donors (Lipinski definition) is 0. The van der Waals surface area contributed by atoms with Crippen LogP contribution in [0, 0.1) is 13.8 Å². The van der Waals surface area contributed by atoms with Crippen LogP contribution in [0.4, 0.5) is 0 Å². The molecule has 5 nitrogen and oxygen atoms in total. The number of nitrogens with zero attached hydrogens (tertiary/aromatic N) is 4. The molecule has 0 fully saturated rings. The number of ether oxygens (including phenoxy) is 1. The van der Waals surface area contributed by atoms with Crippen LogP contribution in [0.3, 0.4) is 0 Å². The molecule has 2 aromatic heterocycles. The van der Waals surface area contributed by atoms with E-state index in [1.54, 1.807) is 11.6 Å². The molecule has 1 aromatic carbocycles. The predicted molar refractivity (Wildman–Crippen MR) is 77.3 cm³/mol. The highest BCUT2D eigenvalue weighted by atomic mass is 35.5. The van der Waals surface area contributed by atoms with Crippen LogP contribution in [-0.4, -0.2) is 26.9 Å². The van der Waals surface area contributed by atoms with Gasteiger partial charge in [0, 0.05) is 11.1 Å². The fourth-order valence-corrected chi connectivity index (χ4v) is 2.23. The molecule has 20 heavy (non-hydrogen) atoms. The van der Waals surface area contributed by atoms with Gasteiger partial charge in [-0.3, -0.25) is 0 Å². The molecule has 0 radical (unpaired) electrons. The van der Waals surface area contributed by atoms with E-state index in [-0.39, 0.29) is 0 Å². The topological polar surface area (TPSA) is 52.3 Å². The maximum atomic E-state index is 6.15. The third-order valence-electron chi connectivity index (χ3n) is 3.38. The summed E-state index contributed by atoms with van der Waals surface area (Å²) in [6.45, 7) is 3.89. The van der Waals surface area contributed by atoms with Crippen LogP contribution < -0.4 is 4.74 Å². The number of methoxy groups -OCH3 is 1. The highest BCUT2D eigenvalue weighted by molar-refractivity contribution is 6.30. The Bertz CT molecular complexity index is 780. The third kappa shape index (κ3) is 1.91. The molecule has 0 unspecified atom stereocenters. The van der Waals surface area contributed by atoms with E-state index in [9.17, 15) is 0 Å². The average molecular weight is 289 g/mol. The maximum absolute atomic E-state index is 6.15. The zero-order valence-corrected chi connectivity index (χ0v) is 12.1. The molecule has 2 heterocycles. The first kappa shape index (κ1) is 12.9. The lowest BCUT2D eigenvalue weighted by molar-refractivity contribution is 0.415. The molecule has 3 aromatic rings. The third-order valence-corrected chi connectivity index (χ3v) is 3.74. The second-order valence-electron chi connectivity index (χ2n) is 4.53. The lowest BCUT2D eigenvalue weighted by Gasteiger charge is -2.05. The first-order chi connectivity index (χ1) is 9.61. The summed E-state index contributed by atoms with van der Waals surface area (Å²) in [6.07, 6.45) is 0. The van der Waals surface area contributed by atoms with Gasteiger partial charge in [-0.25, -0.2) is 0 Å². The summed E-state index contributed by atoms with van der Waals surface area (Å²) in [5, 5.41) is 13.2. The molecule has 0 N–H and O–H groups in total. The van der Waals surface area contributed by atoms with Gasteiger partial charge in [-0.05, 0) is 43.7 Å². The zero-order chi connectivity index (χ0) is 14.3. The van der Waals surface area contributed by atoms with Crippen LogP contribution in [-0.2, 0) is 0 Å². The van der Waals surface area contributed by atoms with E-state index in [0.717, 1.165) is 28.1 Å². The smallest absolute Gasteiger partial charge is 0.185 e. The van der Waals surface area contributed by atoms with E-state index >= 15 is 0 Å². The van der Waals surface area contributed by atoms with Gasteiger partial charge in [-0.1, -0.05) is 11.6 Å². The highest BCUT2D eigenvalue weighted by Gasteiger charge is 2.14. The summed E-state index contributed by atoms with van der Waals surface area (Å²) in [7, 11) is 1.63. The Hall–Kier alpha value is -2.14. The van der Waals surface area contributed by atoms with Crippen LogP contribution in [0.25, 0.3) is 17.0 Å². The molecule has 3 rings (SSSR count). The predicted octanol–water partition coefficient (Wildman–Crippen LogP) is 3.07. The maximum Gasteiger partial charge on any atom is 0.185 e. The fraction of sp³-hybridized carbons (Fsp3) is 0.214. The second-order valence-corrected chi connectivity index (χ2v) is 4.89. The lowest BCUT2D eigenvalue weighted by Crippen LogP contribution is -2.00. The van der Waals surface area contributed by atoms with Gasteiger partial charge < -0.3 is 4.74 Å². The molecule has 0 saturated carbocycles. The lowest BCUT2D eigenvalue weighted by atomic mass is 10.2. The van der Waals surface area contributed by atoms with Gasteiger partial charge in [0.15, 0.2) is 16.6 Å². The van der Waals surface area contributed by atoms with Gasteiger partial charge in [-0.15, -0.1) is 10.2 Å². The standard InChI is InChI=1S/C14H13ClN4O/c1-8-9(2)13-16-17-14(19(13)18-12(8)15)10-4-6-11(20-3)7-5-10/h4-7H,1-3H3. The fourth-order valence-electron chi connectivity index (χ4n) is 2.01. The Morgan fingerprint density at radius 3 is 2.40 bits per heavy atom. The normalized spacial score (nSPS) is 11.0. The van der Waals surface area contributed by atoms with E-state index < -0.39 is 0 Å². The minimum Gasteiger partial charge on any atom is -0.497 e. The van der Waals surface area contributed by atoms with Crippen LogP contribution in [0.1, 0.15) is 11.1 Å². The van der Waals surface area contributed by atoms with Crippen molar-refractivity contribution in [2.75, 3.05) is 7.11 Å². The van der Waals surface area contributed by atoms with Crippen molar-refractivity contribution in [1.29, 1.82) is 0 Å². The molecular formula is C14H13ClN4O. The number of aryl methyl sites for hydroxylation is 1. The monoisotopic (exact) mass is 288 g/mol. The molecule has 0 aliphatic heterocycles. The number of benzene rings is 1. The van der Waals surface area contributed by atoms with E-state index in [1.807, 2.05) is 38.1 Å². The van der Waals surface area contributed by atoms with Gasteiger partial charge in [-0.2, -0.15) is 9.61 Å². The summed E-state index contributed by atoms with van der Waals surface area (Å²) in [4.78, 5) is 0. The molecule has 0 aliphatic carbocycles. The van der Waals surface area contributed by atoms with Crippen molar-refractivity contribution in [2.24, 2.45) is 0 Å². The number of rotatable bonds is 2. The summed E-state index contributed by atoms with van der Waals surface area (Å²) in [6, 6.07) is 7.58. The molecular weight excluding hydrogens is 276 g/mol. The molecule has 0 atom stereocenters. The largest absolute Gasteiger partial charge is 0.497 e. The Labute approximate surface area is 121 Å². The van der Waals surface area contributed by atoms with Crippen molar-refractivity contribution in [3.05, 3.63) is 40.5 Å². The van der Waals surface area contributed by atoms with Gasteiger partial charge in [0.25, 0.3) is 0 Å². The van der Waals surface area contributed by atoms with Gasteiger partial charge in [0.2, 0.25) is 0 Å². The van der Waals surface area contributed by atoms with Crippen LogP contribution >= 0.6 is 11.6 Å². The molecule has 0 amide bonds. The van der Waals surface area contributed by atoms with Crippen molar-refractivity contribution in [3.8, 4) is 17.1 Å². The Kier molecular flexibility index (Phi) is 3.06. The van der Waals surface area contributed by atoms with Gasteiger partial charge >= 0.3 is 0 Å². The van der Waals surface area contributed by atoms with Crippen molar-refractivity contribution in [2.45, 2.75) is 13.8 Å². The summed E-state index contributed by atoms with van der Waals surface area (Å²) in [5.41, 5.74) is 3.54. The van der Waals surface area contributed by atoms with Crippen LogP contribution in [0.2, 0.25) is 5.15 Å². The minimum atomic E-state index is 0.463. The quantitative estimate of drug-likeness (QED) is 0.727. The summed E-state index contributed by atoms with van der Waals surface area (Å²) in [5.74, 6) is 1.45. The number of aromatic nitrogens is 4. The Morgan fingerprint density at radius 2 is 1.75 bits per heavy atom. The van der Waals surface area contributed by atoms with Gasteiger partial charge in [0.05, 0.1) is 7.11 Å². The number of halogens is 1. The average Bonchev–Trinajstić information content (AvgIpc) is 2.89. The van der Waals surface area contributed by atoms with E-state index in [4.69, 9.17) is 16.3 Å². The Balaban J connectivity index is 2.21. The summed E-state index contributed by atoms with van der Waals surface area (Å²) < 4.78 is 6.82. The minimum absolute atomic E-state index is 0.463. The van der Waals surface area contributed by atoms with Crippen molar-refractivity contribution in [3.63, 3.8) is 0 Å². The van der Waals surface area contributed by atoms with E-state index in [2.05, 4.69) is 15.3 Å². The summed E-state index contributed by atoms with van der Waals surface area (Å²) >= 11 is 6.15. The SMILES string of the molecule is COc1ccc(-c2nnc3c(C)c(C)c(Cl)nn23)cc1. The van der Waals surface area contributed by atoms with E-state index in [1.165, 1.54) is 0 Å². The highest BCUT2D eigenvalue weighted by Crippen LogP contribution is 2.25. The first-order valence-electron chi connectivity index (χ1n) is 6.14. The number of hydrogen-bond acceptors (Lipinski definition) is 4. The molecule has 6 heteroatoms. The number of fused-ring (bicyclic) bond motifs is 1. The van der Waals surface area contributed by atoms with E-state index in [0.29, 0.717) is 11.0 Å². The Morgan fingerprint density at radius 1 is 1.05 bits per heavy atom. The second kappa shape index (κ2) is 4.76. The van der Waals surface area contributed by atoms with Crippen LogP contribution in [0.5, 0.6) is 5.75 Å². The molecule has 0 aliphatic rings.